The zero-order chi connectivity index (χ0) is 8.27. The lowest BCUT2D eigenvalue weighted by Gasteiger charge is -2.14. The molecule has 0 aromatic carbocycles. The molecular formula is C8H13NOS. The van der Waals surface area contributed by atoms with Crippen LogP contribution in [0.4, 0.5) is 0 Å². The number of hydrogen-bond donors (Lipinski definition) is 1. The van der Waals surface area contributed by atoms with Gasteiger partial charge in [-0.05, 0) is 18.2 Å². The molecule has 1 saturated heterocycles. The zero-order valence-corrected chi connectivity index (χ0v) is 7.49. The minimum Gasteiger partial charge on any atom is -0.349 e. The summed E-state index contributed by atoms with van der Waals surface area (Å²) in [6.07, 6.45) is 2.42. The van der Waals surface area contributed by atoms with Crippen LogP contribution in [0, 0.1) is 0 Å². The van der Waals surface area contributed by atoms with Crippen molar-refractivity contribution in [1.29, 1.82) is 0 Å². The van der Waals surface area contributed by atoms with Gasteiger partial charge in [0.1, 0.15) is 0 Å². The molecule has 62 valence electrons. The topological polar surface area (TPSA) is 29.1 Å². The Kier molecular flexibility index (Phi) is 3.00. The predicted molar refractivity (Wildman–Crippen MR) is 48.7 cm³/mol. The van der Waals surface area contributed by atoms with E-state index in [-0.39, 0.29) is 5.91 Å². The highest BCUT2D eigenvalue weighted by Crippen LogP contribution is 2.25. The summed E-state index contributed by atoms with van der Waals surface area (Å²) in [4.78, 5) is 10.9. The molecule has 2 nitrogen and oxygen atoms in total. The fraction of sp³-hybridized carbons (Fsp3) is 0.625. The van der Waals surface area contributed by atoms with Crippen molar-refractivity contribution in [3.8, 4) is 0 Å². The third-order valence-electron chi connectivity index (χ3n) is 1.89. The summed E-state index contributed by atoms with van der Waals surface area (Å²) in [5.74, 6) is 1.10. The minimum absolute atomic E-state index is 0.0515. The molecule has 2 unspecified atom stereocenters. The van der Waals surface area contributed by atoms with Crippen molar-refractivity contribution in [2.24, 2.45) is 0 Å². The first-order valence-electron chi connectivity index (χ1n) is 3.78. The van der Waals surface area contributed by atoms with Crippen molar-refractivity contribution in [2.45, 2.75) is 24.6 Å². The van der Waals surface area contributed by atoms with Crippen molar-refractivity contribution in [2.75, 3.05) is 5.75 Å². The van der Waals surface area contributed by atoms with Gasteiger partial charge in [-0.15, -0.1) is 0 Å². The lowest BCUT2D eigenvalue weighted by Crippen LogP contribution is -2.37. The van der Waals surface area contributed by atoms with Crippen LogP contribution in [0.3, 0.4) is 0 Å². The molecule has 0 radical (unpaired) electrons. The Labute approximate surface area is 71.4 Å². The summed E-state index contributed by atoms with van der Waals surface area (Å²) < 4.78 is 0. The molecule has 2 atom stereocenters. The maximum absolute atomic E-state index is 10.9. The number of carbonyl (C=O) groups excluding carboxylic acids is 1. The molecule has 1 aliphatic heterocycles. The summed E-state index contributed by atoms with van der Waals surface area (Å²) in [6.45, 7) is 5.55. The van der Waals surface area contributed by atoms with Gasteiger partial charge in [0, 0.05) is 11.3 Å². The van der Waals surface area contributed by atoms with Gasteiger partial charge in [-0.3, -0.25) is 4.79 Å². The van der Waals surface area contributed by atoms with E-state index in [1.807, 2.05) is 11.8 Å². The van der Waals surface area contributed by atoms with Gasteiger partial charge in [-0.2, -0.15) is 11.8 Å². The highest BCUT2D eigenvalue weighted by Gasteiger charge is 2.24. The Balaban J connectivity index is 2.36. The second-order valence-corrected chi connectivity index (χ2v) is 4.17. The molecule has 1 heterocycles. The normalized spacial score (nSPS) is 29.9. The largest absolute Gasteiger partial charge is 0.349 e. The highest BCUT2D eigenvalue weighted by molar-refractivity contribution is 8.00. The molecule has 1 rings (SSSR count). The van der Waals surface area contributed by atoms with E-state index in [0.717, 1.165) is 12.2 Å². The Morgan fingerprint density at radius 2 is 2.55 bits per heavy atom. The summed E-state index contributed by atoms with van der Waals surface area (Å²) in [5, 5.41) is 3.45. The molecule has 1 aliphatic rings. The van der Waals surface area contributed by atoms with Crippen LogP contribution in [0.25, 0.3) is 0 Å². The number of rotatable bonds is 2. The van der Waals surface area contributed by atoms with Crippen LogP contribution in [0.5, 0.6) is 0 Å². The first-order valence-corrected chi connectivity index (χ1v) is 4.83. The van der Waals surface area contributed by atoms with Crippen LogP contribution in [0.1, 0.15) is 13.3 Å². The zero-order valence-electron chi connectivity index (χ0n) is 6.67. The van der Waals surface area contributed by atoms with Gasteiger partial charge in [-0.1, -0.05) is 13.5 Å². The number of hydrogen-bond acceptors (Lipinski definition) is 2. The summed E-state index contributed by atoms with van der Waals surface area (Å²) >= 11 is 1.91. The van der Waals surface area contributed by atoms with E-state index in [9.17, 15) is 4.79 Å². The molecule has 0 bridgehead atoms. The first-order chi connectivity index (χ1) is 5.24. The average molecular weight is 171 g/mol. The minimum atomic E-state index is -0.0515. The van der Waals surface area contributed by atoms with Crippen LogP contribution in [-0.4, -0.2) is 23.0 Å². The number of carbonyl (C=O) groups is 1. The van der Waals surface area contributed by atoms with Gasteiger partial charge in [0.05, 0.1) is 0 Å². The highest BCUT2D eigenvalue weighted by atomic mass is 32.2. The predicted octanol–water partition coefficient (Wildman–Crippen LogP) is 1.18. The van der Waals surface area contributed by atoms with E-state index in [4.69, 9.17) is 0 Å². The Bertz CT molecular complexity index is 169. The summed E-state index contributed by atoms with van der Waals surface area (Å²) in [6, 6.07) is 0.352. The molecule has 3 heteroatoms. The molecule has 1 N–H and O–H groups in total. The number of thioether (sulfide) groups is 1. The molecule has 11 heavy (non-hydrogen) atoms. The fourth-order valence-corrected chi connectivity index (χ4v) is 2.36. The number of amides is 1. The molecule has 0 spiro atoms. The summed E-state index contributed by atoms with van der Waals surface area (Å²) in [7, 11) is 0. The fourth-order valence-electron chi connectivity index (χ4n) is 1.16. The maximum Gasteiger partial charge on any atom is 0.243 e. The van der Waals surface area contributed by atoms with Gasteiger partial charge >= 0.3 is 0 Å². The van der Waals surface area contributed by atoms with Crippen molar-refractivity contribution in [1.82, 2.24) is 5.32 Å². The van der Waals surface area contributed by atoms with Gasteiger partial charge in [-0.25, -0.2) is 0 Å². The Hall–Kier alpha value is -0.440. The van der Waals surface area contributed by atoms with Crippen LogP contribution >= 0.6 is 11.8 Å². The van der Waals surface area contributed by atoms with Crippen molar-refractivity contribution < 1.29 is 4.79 Å². The third-order valence-corrected chi connectivity index (χ3v) is 3.22. The lowest BCUT2D eigenvalue weighted by molar-refractivity contribution is -0.117. The van der Waals surface area contributed by atoms with E-state index >= 15 is 0 Å². The Morgan fingerprint density at radius 3 is 3.00 bits per heavy atom. The van der Waals surface area contributed by atoms with Crippen LogP contribution in [0.15, 0.2) is 12.7 Å². The number of nitrogens with one attached hydrogen (secondary N) is 1. The van der Waals surface area contributed by atoms with Crippen molar-refractivity contribution in [3.05, 3.63) is 12.7 Å². The molecule has 0 saturated carbocycles. The van der Waals surface area contributed by atoms with E-state index in [1.54, 1.807) is 0 Å². The smallest absolute Gasteiger partial charge is 0.243 e. The maximum atomic E-state index is 10.9. The van der Waals surface area contributed by atoms with Gasteiger partial charge in [0.25, 0.3) is 0 Å². The first kappa shape index (κ1) is 8.65. The second kappa shape index (κ2) is 3.81. The van der Waals surface area contributed by atoms with E-state index in [0.29, 0.717) is 11.3 Å². The second-order valence-electron chi connectivity index (χ2n) is 2.68. The van der Waals surface area contributed by atoms with Crippen molar-refractivity contribution >= 4 is 17.7 Å². The van der Waals surface area contributed by atoms with Crippen LogP contribution in [-0.2, 0) is 4.79 Å². The van der Waals surface area contributed by atoms with Gasteiger partial charge < -0.3 is 5.32 Å². The van der Waals surface area contributed by atoms with Gasteiger partial charge in [0.15, 0.2) is 0 Å². The SMILES string of the molecule is C=CC(=O)NC1CCSC1C. The summed E-state index contributed by atoms with van der Waals surface area (Å²) in [5.41, 5.74) is 0. The molecule has 0 aromatic rings. The monoisotopic (exact) mass is 171 g/mol. The quantitative estimate of drug-likeness (QED) is 0.632. The van der Waals surface area contributed by atoms with Crippen molar-refractivity contribution in [3.63, 3.8) is 0 Å². The van der Waals surface area contributed by atoms with Crippen LogP contribution < -0.4 is 5.32 Å². The van der Waals surface area contributed by atoms with Crippen LogP contribution in [0.2, 0.25) is 0 Å². The molecule has 0 aromatic heterocycles. The molecular weight excluding hydrogens is 158 g/mol. The van der Waals surface area contributed by atoms with E-state index in [1.165, 1.54) is 6.08 Å². The lowest BCUT2D eigenvalue weighted by atomic mass is 10.2. The molecule has 0 aliphatic carbocycles. The Morgan fingerprint density at radius 1 is 1.82 bits per heavy atom. The third kappa shape index (κ3) is 2.26. The molecule has 1 fully saturated rings. The van der Waals surface area contributed by atoms with E-state index in [2.05, 4.69) is 18.8 Å². The van der Waals surface area contributed by atoms with E-state index < -0.39 is 0 Å². The molecule has 1 amide bonds. The van der Waals surface area contributed by atoms with Gasteiger partial charge in [0.2, 0.25) is 5.91 Å². The average Bonchev–Trinajstić information content (AvgIpc) is 2.37. The standard InChI is InChI=1S/C8H13NOS/c1-3-8(10)9-7-4-5-11-6(7)2/h3,6-7H,1,4-5H2,2H3,(H,9,10).